The summed E-state index contributed by atoms with van der Waals surface area (Å²) >= 11 is 0. The molecule has 5 rings (SSSR count). The largest absolute Gasteiger partial charge is 0.349 e. The van der Waals surface area contributed by atoms with Crippen LogP contribution in [0.4, 0.5) is 0 Å². The summed E-state index contributed by atoms with van der Waals surface area (Å²) in [4.78, 5) is 29.0. The second-order valence-electron chi connectivity index (χ2n) is 9.83. The lowest BCUT2D eigenvalue weighted by molar-refractivity contribution is -0.129. The molecule has 0 spiro atoms. The number of carbonyl (C=O) groups is 2. The number of nitrogens with one attached hydrogen (secondary N) is 2. The molecule has 0 aliphatic carbocycles. The number of hydrazone groups is 1. The first kappa shape index (κ1) is 24.7. The Morgan fingerprint density at radius 2 is 1.54 bits per heavy atom. The van der Waals surface area contributed by atoms with Gasteiger partial charge in [0.1, 0.15) is 0 Å². The van der Waals surface area contributed by atoms with Gasteiger partial charge in [0.25, 0.3) is 5.91 Å². The van der Waals surface area contributed by atoms with Crippen molar-refractivity contribution < 1.29 is 9.59 Å². The Morgan fingerprint density at radius 1 is 0.919 bits per heavy atom. The van der Waals surface area contributed by atoms with Crippen LogP contribution in [-0.2, 0) is 10.2 Å². The molecule has 1 saturated heterocycles. The van der Waals surface area contributed by atoms with Gasteiger partial charge >= 0.3 is 0 Å². The number of likely N-dealkylation sites (tertiary alicyclic amines) is 1. The smallest absolute Gasteiger partial charge is 0.253 e. The third kappa shape index (κ3) is 5.13. The summed E-state index contributed by atoms with van der Waals surface area (Å²) in [6.45, 7) is 3.72. The number of hydrazine groups is 1. The van der Waals surface area contributed by atoms with Gasteiger partial charge in [-0.3, -0.25) is 9.59 Å². The van der Waals surface area contributed by atoms with E-state index in [9.17, 15) is 9.59 Å². The molecule has 0 radical (unpaired) electrons. The molecule has 0 bridgehead atoms. The van der Waals surface area contributed by atoms with E-state index in [1.54, 1.807) is 5.12 Å². The molecule has 0 aromatic heterocycles. The Morgan fingerprint density at radius 3 is 2.14 bits per heavy atom. The molecule has 2 aliphatic heterocycles. The van der Waals surface area contributed by atoms with E-state index >= 15 is 0 Å². The fourth-order valence-electron chi connectivity index (χ4n) is 5.24. The van der Waals surface area contributed by atoms with E-state index in [0.717, 1.165) is 22.4 Å². The van der Waals surface area contributed by atoms with E-state index in [1.807, 2.05) is 104 Å². The second-order valence-corrected chi connectivity index (χ2v) is 9.83. The minimum atomic E-state index is -0.676. The maximum atomic E-state index is 13.8. The highest BCUT2D eigenvalue weighted by molar-refractivity contribution is 6.03. The number of rotatable bonds is 6. The number of hydrogen-bond acceptors (Lipinski definition) is 5. The van der Waals surface area contributed by atoms with E-state index in [2.05, 4.69) is 15.8 Å². The van der Waals surface area contributed by atoms with Gasteiger partial charge in [-0.05, 0) is 48.6 Å². The lowest BCUT2D eigenvalue weighted by Gasteiger charge is -2.41. The standard InChI is InChI=1S/C30H33N5O2/c1-22(23-9-5-3-6-10-23)32-29(37)30(26-11-7-4-8-12-26)17-19-35(20-18-30)28(36)25-15-13-24(14-16-25)27-21-31-34(2)33-27/h3-16,22,31H,17-21H2,1-2H3,(H,32,37). The molecule has 3 aromatic carbocycles. The molecule has 37 heavy (non-hydrogen) atoms. The van der Waals surface area contributed by atoms with Gasteiger partial charge < -0.3 is 10.2 Å². The lowest BCUT2D eigenvalue weighted by atomic mass is 9.71. The number of piperidine rings is 1. The highest BCUT2D eigenvalue weighted by atomic mass is 16.2. The van der Waals surface area contributed by atoms with Gasteiger partial charge in [0.15, 0.2) is 0 Å². The van der Waals surface area contributed by atoms with Gasteiger partial charge in [0, 0.05) is 25.7 Å². The number of hydrogen-bond donors (Lipinski definition) is 2. The Balaban J connectivity index is 1.30. The van der Waals surface area contributed by atoms with Crippen LogP contribution in [0, 0.1) is 0 Å². The topological polar surface area (TPSA) is 77.0 Å². The van der Waals surface area contributed by atoms with E-state index in [1.165, 1.54) is 0 Å². The first-order valence-electron chi connectivity index (χ1n) is 12.8. The second kappa shape index (κ2) is 10.6. The zero-order chi connectivity index (χ0) is 25.8. The zero-order valence-electron chi connectivity index (χ0n) is 21.4. The van der Waals surface area contributed by atoms with Crippen molar-refractivity contribution in [1.82, 2.24) is 20.8 Å². The summed E-state index contributed by atoms with van der Waals surface area (Å²) in [6, 6.07) is 27.5. The van der Waals surface area contributed by atoms with Gasteiger partial charge in [-0.15, -0.1) is 0 Å². The maximum Gasteiger partial charge on any atom is 0.253 e. The fourth-order valence-corrected chi connectivity index (χ4v) is 5.24. The van der Waals surface area contributed by atoms with E-state index in [-0.39, 0.29) is 17.9 Å². The molecule has 1 fully saturated rings. The minimum Gasteiger partial charge on any atom is -0.349 e. The van der Waals surface area contributed by atoms with Crippen molar-refractivity contribution in [2.45, 2.75) is 31.2 Å². The summed E-state index contributed by atoms with van der Waals surface area (Å²) in [5.41, 5.74) is 7.12. The van der Waals surface area contributed by atoms with Crippen LogP contribution in [0.2, 0.25) is 0 Å². The normalized spacial score (nSPS) is 17.7. The van der Waals surface area contributed by atoms with Crippen molar-refractivity contribution in [2.75, 3.05) is 26.7 Å². The number of carbonyl (C=O) groups excluding carboxylic acids is 2. The summed E-state index contributed by atoms with van der Waals surface area (Å²) in [6.07, 6.45) is 1.14. The Labute approximate surface area is 218 Å². The van der Waals surface area contributed by atoms with Crippen LogP contribution >= 0.6 is 0 Å². The van der Waals surface area contributed by atoms with Gasteiger partial charge in [-0.1, -0.05) is 72.8 Å². The van der Waals surface area contributed by atoms with Crippen LogP contribution in [-0.4, -0.2) is 54.2 Å². The van der Waals surface area contributed by atoms with Gasteiger partial charge in [-0.2, -0.15) is 5.10 Å². The summed E-state index contributed by atoms with van der Waals surface area (Å²) < 4.78 is 0. The molecule has 0 saturated carbocycles. The SMILES string of the molecule is CC(NC(=O)C1(c2ccccc2)CCN(C(=O)c2ccc(C3=NN(C)NC3)cc2)CC1)c1ccccc1. The fraction of sp³-hybridized carbons (Fsp3) is 0.300. The van der Waals surface area contributed by atoms with E-state index in [0.29, 0.717) is 38.0 Å². The Kier molecular flexibility index (Phi) is 7.06. The third-order valence-electron chi connectivity index (χ3n) is 7.52. The van der Waals surface area contributed by atoms with Crippen molar-refractivity contribution in [1.29, 1.82) is 0 Å². The number of nitrogens with zero attached hydrogens (tertiary/aromatic N) is 3. The molecule has 2 aliphatic rings. The predicted molar refractivity (Wildman–Crippen MR) is 145 cm³/mol. The predicted octanol–water partition coefficient (Wildman–Crippen LogP) is 3.89. The molecule has 7 heteroatoms. The van der Waals surface area contributed by atoms with Crippen molar-refractivity contribution >= 4 is 17.5 Å². The molecule has 7 nitrogen and oxygen atoms in total. The van der Waals surface area contributed by atoms with Gasteiger partial charge in [-0.25, -0.2) is 10.5 Å². The van der Waals surface area contributed by atoms with Crippen molar-refractivity contribution in [3.8, 4) is 0 Å². The Hall–Kier alpha value is -3.97. The number of benzene rings is 3. The maximum absolute atomic E-state index is 13.8. The molecular weight excluding hydrogens is 462 g/mol. The monoisotopic (exact) mass is 495 g/mol. The molecule has 1 atom stereocenters. The minimum absolute atomic E-state index is 0.00474. The summed E-state index contributed by atoms with van der Waals surface area (Å²) in [5, 5.41) is 9.38. The quantitative estimate of drug-likeness (QED) is 0.544. The van der Waals surface area contributed by atoms with Crippen LogP contribution in [0.5, 0.6) is 0 Å². The van der Waals surface area contributed by atoms with Crippen molar-refractivity contribution in [2.24, 2.45) is 5.10 Å². The third-order valence-corrected chi connectivity index (χ3v) is 7.52. The average Bonchev–Trinajstić information content (AvgIpc) is 3.40. The van der Waals surface area contributed by atoms with Gasteiger partial charge in [0.05, 0.1) is 23.7 Å². The molecule has 2 heterocycles. The lowest BCUT2D eigenvalue weighted by Crippen LogP contribution is -2.53. The van der Waals surface area contributed by atoms with E-state index < -0.39 is 5.41 Å². The highest BCUT2D eigenvalue weighted by Gasteiger charge is 2.44. The van der Waals surface area contributed by atoms with Crippen LogP contribution in [0.25, 0.3) is 0 Å². The summed E-state index contributed by atoms with van der Waals surface area (Å²) in [5.74, 6) is 0.0114. The average molecular weight is 496 g/mol. The molecule has 190 valence electrons. The van der Waals surface area contributed by atoms with Crippen molar-refractivity contribution in [3.05, 3.63) is 107 Å². The van der Waals surface area contributed by atoms with Crippen LogP contribution in [0.1, 0.15) is 52.9 Å². The molecule has 2 N–H and O–H groups in total. The van der Waals surface area contributed by atoms with Crippen LogP contribution in [0.15, 0.2) is 90.0 Å². The highest BCUT2D eigenvalue weighted by Crippen LogP contribution is 2.37. The zero-order valence-corrected chi connectivity index (χ0v) is 21.4. The molecule has 2 amide bonds. The van der Waals surface area contributed by atoms with Gasteiger partial charge in [0.2, 0.25) is 5.91 Å². The Bertz CT molecular complexity index is 1270. The van der Waals surface area contributed by atoms with Crippen molar-refractivity contribution in [3.63, 3.8) is 0 Å². The molecular formula is C30H33N5O2. The van der Waals surface area contributed by atoms with Crippen LogP contribution < -0.4 is 10.7 Å². The first-order valence-corrected chi connectivity index (χ1v) is 12.8. The summed E-state index contributed by atoms with van der Waals surface area (Å²) in [7, 11) is 1.86. The molecule has 1 unspecified atom stereocenters. The van der Waals surface area contributed by atoms with Crippen LogP contribution in [0.3, 0.4) is 0 Å². The molecule has 3 aromatic rings. The first-order chi connectivity index (χ1) is 18.0. The number of amides is 2. The van der Waals surface area contributed by atoms with E-state index in [4.69, 9.17) is 0 Å².